The van der Waals surface area contributed by atoms with E-state index in [0.29, 0.717) is 11.8 Å². The molecule has 1 aromatic rings. The topological polar surface area (TPSA) is 20.2 Å². The Bertz CT molecular complexity index is 315. The van der Waals surface area contributed by atoms with Crippen molar-refractivity contribution in [1.82, 2.24) is 0 Å². The predicted molar refractivity (Wildman–Crippen MR) is 62.6 cm³/mol. The summed E-state index contributed by atoms with van der Waals surface area (Å²) in [5.41, 5.74) is 2.34. The number of rotatable bonds is 2. The van der Waals surface area contributed by atoms with E-state index in [1.54, 1.807) is 0 Å². The number of aliphatic hydroxyl groups excluding tert-OH is 1. The maximum Gasteiger partial charge on any atom is 0.0820 e. The average Bonchev–Trinajstić information content (AvgIpc) is 2.65. The molecule has 1 aromatic carbocycles. The van der Waals surface area contributed by atoms with Gasteiger partial charge in [0, 0.05) is 0 Å². The number of benzene rings is 1. The Morgan fingerprint density at radius 1 is 1.20 bits per heavy atom. The lowest BCUT2D eigenvalue weighted by Crippen LogP contribution is -2.14. The summed E-state index contributed by atoms with van der Waals surface area (Å²) in [6, 6.07) is 8.28. The minimum absolute atomic E-state index is 0.261. The lowest BCUT2D eigenvalue weighted by molar-refractivity contribution is 0.0900. The lowest BCUT2D eigenvalue weighted by Gasteiger charge is -2.22. The van der Waals surface area contributed by atoms with Crippen LogP contribution in [0, 0.1) is 18.8 Å². The second-order valence-electron chi connectivity index (χ2n) is 4.93. The molecule has 1 fully saturated rings. The lowest BCUT2D eigenvalue weighted by atomic mass is 9.88. The highest BCUT2D eigenvalue weighted by Gasteiger charge is 2.30. The van der Waals surface area contributed by atoms with Gasteiger partial charge in [0.15, 0.2) is 0 Å². The molecule has 1 saturated carbocycles. The van der Waals surface area contributed by atoms with Crippen molar-refractivity contribution in [3.8, 4) is 0 Å². The van der Waals surface area contributed by atoms with Crippen LogP contribution >= 0.6 is 0 Å². The van der Waals surface area contributed by atoms with E-state index in [4.69, 9.17) is 0 Å². The molecule has 82 valence electrons. The second-order valence-corrected chi connectivity index (χ2v) is 4.93. The first-order valence-corrected chi connectivity index (χ1v) is 5.93. The Morgan fingerprint density at radius 2 is 1.87 bits per heavy atom. The zero-order chi connectivity index (χ0) is 10.8. The first-order valence-electron chi connectivity index (χ1n) is 5.93. The number of aliphatic hydroxyl groups is 1. The molecule has 3 atom stereocenters. The largest absolute Gasteiger partial charge is 0.388 e. The van der Waals surface area contributed by atoms with Gasteiger partial charge in [0.05, 0.1) is 6.10 Å². The Labute approximate surface area is 92.1 Å². The van der Waals surface area contributed by atoms with Gasteiger partial charge in [0.25, 0.3) is 0 Å². The fourth-order valence-corrected chi connectivity index (χ4v) is 2.65. The van der Waals surface area contributed by atoms with E-state index < -0.39 is 0 Å². The Morgan fingerprint density at radius 3 is 2.40 bits per heavy atom. The molecule has 0 radical (unpaired) electrons. The normalized spacial score (nSPS) is 27.9. The van der Waals surface area contributed by atoms with E-state index in [2.05, 4.69) is 38.1 Å². The third-order valence-electron chi connectivity index (χ3n) is 3.75. The third-order valence-corrected chi connectivity index (χ3v) is 3.75. The monoisotopic (exact) mass is 204 g/mol. The van der Waals surface area contributed by atoms with E-state index in [9.17, 15) is 5.11 Å². The van der Waals surface area contributed by atoms with Crippen molar-refractivity contribution in [2.75, 3.05) is 0 Å². The zero-order valence-corrected chi connectivity index (χ0v) is 9.61. The maximum atomic E-state index is 10.3. The van der Waals surface area contributed by atoms with E-state index in [0.717, 1.165) is 5.56 Å². The van der Waals surface area contributed by atoms with E-state index in [1.807, 2.05) is 0 Å². The summed E-state index contributed by atoms with van der Waals surface area (Å²) in [6.45, 7) is 4.34. The van der Waals surface area contributed by atoms with Crippen molar-refractivity contribution in [2.45, 2.75) is 39.2 Å². The zero-order valence-electron chi connectivity index (χ0n) is 9.61. The first-order chi connectivity index (χ1) is 7.18. The number of hydrogen-bond acceptors (Lipinski definition) is 1. The number of hydrogen-bond donors (Lipinski definition) is 1. The second kappa shape index (κ2) is 4.36. The number of aryl methyl sites for hydroxylation is 1. The van der Waals surface area contributed by atoms with Gasteiger partial charge in [-0.25, -0.2) is 0 Å². The predicted octanol–water partition coefficient (Wildman–Crippen LogP) is 3.46. The average molecular weight is 204 g/mol. The van der Waals surface area contributed by atoms with Crippen molar-refractivity contribution in [3.63, 3.8) is 0 Å². The molecule has 1 heteroatoms. The highest BCUT2D eigenvalue weighted by molar-refractivity contribution is 5.23. The van der Waals surface area contributed by atoms with Gasteiger partial charge in [0.1, 0.15) is 0 Å². The molecule has 0 heterocycles. The van der Waals surface area contributed by atoms with Gasteiger partial charge < -0.3 is 5.11 Å². The fourth-order valence-electron chi connectivity index (χ4n) is 2.65. The Hall–Kier alpha value is -0.820. The van der Waals surface area contributed by atoms with Gasteiger partial charge in [-0.15, -0.1) is 0 Å². The molecule has 0 saturated heterocycles. The Balaban J connectivity index is 2.13. The van der Waals surface area contributed by atoms with Gasteiger partial charge in [0.2, 0.25) is 0 Å². The van der Waals surface area contributed by atoms with Crippen LogP contribution in [0.15, 0.2) is 24.3 Å². The molecule has 15 heavy (non-hydrogen) atoms. The van der Waals surface area contributed by atoms with Crippen LogP contribution in [-0.2, 0) is 0 Å². The molecule has 0 aliphatic heterocycles. The highest BCUT2D eigenvalue weighted by Crippen LogP contribution is 2.39. The van der Waals surface area contributed by atoms with Crippen LogP contribution in [0.2, 0.25) is 0 Å². The third kappa shape index (κ3) is 2.23. The van der Waals surface area contributed by atoms with Gasteiger partial charge in [-0.2, -0.15) is 0 Å². The van der Waals surface area contributed by atoms with Crippen molar-refractivity contribution >= 4 is 0 Å². The molecule has 0 aromatic heterocycles. The van der Waals surface area contributed by atoms with Gasteiger partial charge >= 0.3 is 0 Å². The van der Waals surface area contributed by atoms with Crippen LogP contribution in [0.25, 0.3) is 0 Å². The standard InChI is InChI=1S/C14H20O/c1-10-6-8-12(9-7-10)14(15)13-5-3-4-11(13)2/h6-9,11,13-15H,3-5H2,1-2H3. The van der Waals surface area contributed by atoms with Crippen molar-refractivity contribution in [1.29, 1.82) is 0 Å². The van der Waals surface area contributed by atoms with Crippen LogP contribution in [0.4, 0.5) is 0 Å². The van der Waals surface area contributed by atoms with Gasteiger partial charge in [-0.05, 0) is 30.7 Å². The molecule has 0 bridgehead atoms. The van der Waals surface area contributed by atoms with Crippen molar-refractivity contribution in [2.24, 2.45) is 11.8 Å². The summed E-state index contributed by atoms with van der Waals surface area (Å²) < 4.78 is 0. The molecule has 1 aliphatic rings. The summed E-state index contributed by atoms with van der Waals surface area (Å²) in [5, 5.41) is 10.3. The molecule has 0 spiro atoms. The Kier molecular flexibility index (Phi) is 3.11. The molecule has 2 rings (SSSR count). The molecule has 1 nitrogen and oxygen atoms in total. The molecule has 1 aliphatic carbocycles. The van der Waals surface area contributed by atoms with Crippen LogP contribution < -0.4 is 0 Å². The smallest absolute Gasteiger partial charge is 0.0820 e. The molecule has 0 amide bonds. The maximum absolute atomic E-state index is 10.3. The van der Waals surface area contributed by atoms with Crippen LogP contribution in [0.5, 0.6) is 0 Å². The van der Waals surface area contributed by atoms with Crippen LogP contribution in [0.3, 0.4) is 0 Å². The summed E-state index contributed by atoms with van der Waals surface area (Å²) in [5.74, 6) is 1.13. The summed E-state index contributed by atoms with van der Waals surface area (Å²) in [4.78, 5) is 0. The van der Waals surface area contributed by atoms with E-state index in [1.165, 1.54) is 24.8 Å². The molecule has 3 unspecified atom stereocenters. The van der Waals surface area contributed by atoms with Gasteiger partial charge in [-0.1, -0.05) is 49.6 Å². The fraction of sp³-hybridized carbons (Fsp3) is 0.571. The SMILES string of the molecule is Cc1ccc(C(O)C2CCCC2C)cc1. The highest BCUT2D eigenvalue weighted by atomic mass is 16.3. The van der Waals surface area contributed by atoms with Crippen LogP contribution in [-0.4, -0.2) is 5.11 Å². The minimum Gasteiger partial charge on any atom is -0.388 e. The van der Waals surface area contributed by atoms with Gasteiger partial charge in [-0.3, -0.25) is 0 Å². The molecule has 1 N–H and O–H groups in total. The van der Waals surface area contributed by atoms with Crippen molar-refractivity contribution < 1.29 is 5.11 Å². The van der Waals surface area contributed by atoms with E-state index in [-0.39, 0.29) is 6.10 Å². The molecular formula is C14H20O. The van der Waals surface area contributed by atoms with Crippen LogP contribution in [0.1, 0.15) is 43.4 Å². The minimum atomic E-state index is -0.261. The quantitative estimate of drug-likeness (QED) is 0.782. The summed E-state index contributed by atoms with van der Waals surface area (Å²) >= 11 is 0. The summed E-state index contributed by atoms with van der Waals surface area (Å²) in [7, 11) is 0. The van der Waals surface area contributed by atoms with Crippen molar-refractivity contribution in [3.05, 3.63) is 35.4 Å². The van der Waals surface area contributed by atoms with E-state index >= 15 is 0 Å². The first kappa shape index (κ1) is 10.7. The summed E-state index contributed by atoms with van der Waals surface area (Å²) in [6.07, 6.45) is 3.46. The molecular weight excluding hydrogens is 184 g/mol.